The Kier molecular flexibility index (Phi) is 9.57. The molecule has 0 unspecified atom stereocenters. The zero-order valence-electron chi connectivity index (χ0n) is 11.5. The molecule has 2 nitrogen and oxygen atoms in total. The first-order chi connectivity index (χ1) is 7.52. The summed E-state index contributed by atoms with van der Waals surface area (Å²) in [7, 11) is 0. The Morgan fingerprint density at radius 1 is 1.00 bits per heavy atom. The highest BCUT2D eigenvalue weighted by molar-refractivity contribution is 5.89. The van der Waals surface area contributed by atoms with Gasteiger partial charge in [0, 0.05) is 0 Å². The summed E-state index contributed by atoms with van der Waals surface area (Å²) in [4.78, 5) is 10.7. The Labute approximate surface area is 99.3 Å². The van der Waals surface area contributed by atoms with Gasteiger partial charge in [-0.05, 0) is 43.5 Å². The van der Waals surface area contributed by atoms with Crippen LogP contribution in [0.1, 0.15) is 54.7 Å². The van der Waals surface area contributed by atoms with Crippen LogP contribution >= 0.6 is 0 Å². The van der Waals surface area contributed by atoms with Crippen LogP contribution in [0.3, 0.4) is 0 Å². The van der Waals surface area contributed by atoms with Gasteiger partial charge in [0.05, 0.1) is 5.56 Å². The molecule has 0 saturated heterocycles. The Bertz CT molecular complexity index is 328. The molecule has 92 valence electrons. The second kappa shape index (κ2) is 8.96. The van der Waals surface area contributed by atoms with Gasteiger partial charge in [0.2, 0.25) is 0 Å². The third kappa shape index (κ3) is 4.96. The minimum atomic E-state index is -0.848. The third-order valence-corrected chi connectivity index (χ3v) is 2.04. The van der Waals surface area contributed by atoms with Gasteiger partial charge in [0.25, 0.3) is 0 Å². The number of hydrogen-bond acceptors (Lipinski definition) is 1. The average molecular weight is 224 g/mol. The van der Waals surface area contributed by atoms with Gasteiger partial charge in [-0.1, -0.05) is 33.8 Å². The maximum Gasteiger partial charge on any atom is 0.335 e. The van der Waals surface area contributed by atoms with Crippen LogP contribution in [0.5, 0.6) is 0 Å². The number of hydrogen-bond donors (Lipinski definition) is 1. The number of carboxylic acids is 1. The Morgan fingerprint density at radius 3 is 1.81 bits per heavy atom. The van der Waals surface area contributed by atoms with E-state index in [2.05, 4.69) is 0 Å². The van der Waals surface area contributed by atoms with Crippen LogP contribution in [0.25, 0.3) is 0 Å². The molecule has 0 aliphatic rings. The Balaban J connectivity index is 0. The average Bonchev–Trinajstić information content (AvgIpc) is 2.28. The van der Waals surface area contributed by atoms with E-state index >= 15 is 0 Å². The van der Waals surface area contributed by atoms with Gasteiger partial charge in [-0.15, -0.1) is 0 Å². The first kappa shape index (κ1) is 17.1. The van der Waals surface area contributed by atoms with Crippen molar-refractivity contribution >= 4 is 5.97 Å². The van der Waals surface area contributed by atoms with Gasteiger partial charge >= 0.3 is 5.97 Å². The summed E-state index contributed by atoms with van der Waals surface area (Å²) in [5.41, 5.74) is 3.29. The third-order valence-electron chi connectivity index (χ3n) is 2.04. The molecule has 1 aromatic rings. The van der Waals surface area contributed by atoms with Crippen molar-refractivity contribution in [1.29, 1.82) is 0 Å². The van der Waals surface area contributed by atoms with Crippen LogP contribution in [0.4, 0.5) is 0 Å². The molecule has 0 amide bonds. The second-order valence-corrected chi connectivity index (χ2v) is 3.06. The molecule has 1 aromatic carbocycles. The van der Waals surface area contributed by atoms with Gasteiger partial charge in [-0.2, -0.15) is 0 Å². The van der Waals surface area contributed by atoms with Gasteiger partial charge in [0.15, 0.2) is 0 Å². The van der Waals surface area contributed by atoms with Crippen molar-refractivity contribution in [2.24, 2.45) is 0 Å². The number of aromatic carboxylic acids is 1. The van der Waals surface area contributed by atoms with Crippen LogP contribution in [0.2, 0.25) is 0 Å². The van der Waals surface area contributed by atoms with Crippen molar-refractivity contribution < 1.29 is 9.90 Å². The lowest BCUT2D eigenvalue weighted by molar-refractivity contribution is 0.0696. The molecule has 1 rings (SSSR count). The van der Waals surface area contributed by atoms with E-state index in [1.165, 1.54) is 0 Å². The summed E-state index contributed by atoms with van der Waals surface area (Å²) in [5.74, 6) is -0.848. The number of rotatable bonds is 1. The lowest BCUT2D eigenvalue weighted by Crippen LogP contribution is -2.01. The first-order valence-corrected chi connectivity index (χ1v) is 5.83. The topological polar surface area (TPSA) is 37.3 Å². The van der Waals surface area contributed by atoms with Crippen molar-refractivity contribution in [3.05, 3.63) is 34.4 Å². The minimum Gasteiger partial charge on any atom is -0.478 e. The fourth-order valence-electron chi connectivity index (χ4n) is 1.26. The van der Waals surface area contributed by atoms with Crippen molar-refractivity contribution in [2.45, 2.75) is 48.5 Å². The van der Waals surface area contributed by atoms with Gasteiger partial charge < -0.3 is 5.11 Å². The largest absolute Gasteiger partial charge is 0.478 e. The van der Waals surface area contributed by atoms with E-state index in [9.17, 15) is 4.79 Å². The van der Waals surface area contributed by atoms with Crippen molar-refractivity contribution in [1.82, 2.24) is 0 Å². The van der Waals surface area contributed by atoms with Crippen LogP contribution in [-0.2, 0) is 0 Å². The smallest absolute Gasteiger partial charge is 0.335 e. The highest BCUT2D eigenvalue weighted by atomic mass is 16.4. The number of aryl methyl sites for hydroxylation is 2. The molecule has 0 aliphatic carbocycles. The summed E-state index contributed by atoms with van der Waals surface area (Å²) in [6, 6.07) is 3.69. The molecule has 0 fully saturated rings. The van der Waals surface area contributed by atoms with E-state index in [0.717, 1.165) is 16.7 Å². The molecule has 0 aliphatic heterocycles. The van der Waals surface area contributed by atoms with Crippen LogP contribution in [-0.4, -0.2) is 11.1 Å². The summed E-state index contributed by atoms with van der Waals surface area (Å²) >= 11 is 0. The molecule has 1 N–H and O–H groups in total. The van der Waals surface area contributed by atoms with E-state index in [1.54, 1.807) is 6.07 Å². The Morgan fingerprint density at radius 2 is 1.44 bits per heavy atom. The zero-order valence-corrected chi connectivity index (χ0v) is 11.5. The minimum absolute atomic E-state index is 0.410. The highest BCUT2D eigenvalue weighted by Gasteiger charge is 2.08. The van der Waals surface area contributed by atoms with E-state index in [1.807, 2.05) is 54.5 Å². The van der Waals surface area contributed by atoms with Gasteiger partial charge in [-0.3, -0.25) is 0 Å². The molecule has 0 atom stereocenters. The Hall–Kier alpha value is -1.31. The predicted octanol–water partition coefficient (Wildman–Crippen LogP) is 4.36. The zero-order chi connectivity index (χ0) is 13.3. The van der Waals surface area contributed by atoms with Crippen LogP contribution < -0.4 is 0 Å². The maximum atomic E-state index is 10.7. The standard InChI is InChI=1S/C10H12O2.2C2H6/c1-6-4-7(2)8(3)9(5-6)10(11)12;2*1-2/h4-5H,1-3H3,(H,11,12);2*1-2H3. The summed E-state index contributed by atoms with van der Waals surface area (Å²) < 4.78 is 0. The lowest BCUT2D eigenvalue weighted by Gasteiger charge is -2.05. The quantitative estimate of drug-likeness (QED) is 0.769. The van der Waals surface area contributed by atoms with Crippen LogP contribution in [0.15, 0.2) is 12.1 Å². The number of carbonyl (C=O) groups is 1. The summed E-state index contributed by atoms with van der Waals surface area (Å²) in [5, 5.41) is 8.81. The van der Waals surface area contributed by atoms with Crippen LogP contribution in [0, 0.1) is 20.8 Å². The molecular formula is C14H24O2. The van der Waals surface area contributed by atoms with Crippen molar-refractivity contribution in [3.63, 3.8) is 0 Å². The molecule has 0 bridgehead atoms. The first-order valence-electron chi connectivity index (χ1n) is 5.83. The summed E-state index contributed by atoms with van der Waals surface area (Å²) in [6.45, 7) is 13.7. The normalized spacial score (nSPS) is 8.19. The van der Waals surface area contributed by atoms with Crippen molar-refractivity contribution in [2.75, 3.05) is 0 Å². The molecule has 0 heterocycles. The van der Waals surface area contributed by atoms with Gasteiger partial charge in [0.1, 0.15) is 0 Å². The van der Waals surface area contributed by atoms with Gasteiger partial charge in [-0.25, -0.2) is 4.79 Å². The fraction of sp³-hybridized carbons (Fsp3) is 0.500. The summed E-state index contributed by atoms with van der Waals surface area (Å²) in [6.07, 6.45) is 0. The number of benzene rings is 1. The molecule has 2 heteroatoms. The van der Waals surface area contributed by atoms with E-state index < -0.39 is 5.97 Å². The highest BCUT2D eigenvalue weighted by Crippen LogP contribution is 2.15. The second-order valence-electron chi connectivity index (χ2n) is 3.06. The monoisotopic (exact) mass is 224 g/mol. The van der Waals surface area contributed by atoms with Crippen molar-refractivity contribution in [3.8, 4) is 0 Å². The fourth-order valence-corrected chi connectivity index (χ4v) is 1.26. The number of carboxylic acid groups (broad SMARTS) is 1. The maximum absolute atomic E-state index is 10.7. The molecule has 0 saturated carbocycles. The van der Waals surface area contributed by atoms with E-state index in [4.69, 9.17) is 5.11 Å². The molecule has 0 spiro atoms. The molecular weight excluding hydrogens is 200 g/mol. The SMILES string of the molecule is CC.CC.Cc1cc(C)c(C)c(C(=O)O)c1. The molecule has 0 aromatic heterocycles. The molecule has 0 radical (unpaired) electrons. The molecule has 16 heavy (non-hydrogen) atoms. The predicted molar refractivity (Wildman–Crippen MR) is 70.3 cm³/mol. The van der Waals surface area contributed by atoms with E-state index in [0.29, 0.717) is 5.56 Å². The lowest BCUT2D eigenvalue weighted by atomic mass is 10.0. The van der Waals surface area contributed by atoms with E-state index in [-0.39, 0.29) is 0 Å².